The van der Waals surface area contributed by atoms with Gasteiger partial charge in [0.1, 0.15) is 12.1 Å². The molecule has 0 radical (unpaired) electrons. The largest absolute Gasteiger partial charge is 0.444 e. The number of carbonyl (C=O) groups is 3. The maximum absolute atomic E-state index is 12.5. The molecule has 1 aromatic carbocycles. The summed E-state index contributed by atoms with van der Waals surface area (Å²) in [6, 6.07) is 7.70. The molecule has 0 saturated carbocycles. The van der Waals surface area contributed by atoms with Gasteiger partial charge in [0.25, 0.3) is 0 Å². The molecule has 1 aromatic rings. The van der Waals surface area contributed by atoms with E-state index in [9.17, 15) is 14.4 Å². The molecule has 0 bridgehead atoms. The van der Waals surface area contributed by atoms with Gasteiger partial charge in [-0.05, 0) is 45.2 Å². The first-order valence-corrected chi connectivity index (χ1v) is 10.2. The third kappa shape index (κ3) is 7.50. The molecule has 0 aromatic heterocycles. The van der Waals surface area contributed by atoms with Gasteiger partial charge in [-0.1, -0.05) is 34.1 Å². The second-order valence-electron chi connectivity index (χ2n) is 7.85. The minimum Gasteiger partial charge on any atom is -0.444 e. The van der Waals surface area contributed by atoms with Crippen molar-refractivity contribution >= 4 is 33.8 Å². The van der Waals surface area contributed by atoms with Crippen LogP contribution in [0.5, 0.6) is 0 Å². The van der Waals surface area contributed by atoms with Gasteiger partial charge in [0.15, 0.2) is 0 Å². The Labute approximate surface area is 174 Å². The molecule has 0 unspecified atom stereocenters. The number of hydrogen-bond donors (Lipinski definition) is 2. The summed E-state index contributed by atoms with van der Waals surface area (Å²) in [5, 5.41) is 5.35. The van der Waals surface area contributed by atoms with Crippen molar-refractivity contribution in [2.24, 2.45) is 0 Å². The van der Waals surface area contributed by atoms with Gasteiger partial charge in [-0.2, -0.15) is 0 Å². The number of nitrogens with zero attached hydrogens (tertiary/aromatic N) is 1. The number of benzene rings is 1. The van der Waals surface area contributed by atoms with Crippen molar-refractivity contribution in [3.63, 3.8) is 0 Å². The van der Waals surface area contributed by atoms with Crippen molar-refractivity contribution in [3.8, 4) is 0 Å². The molecule has 1 fully saturated rings. The molecular formula is C20H28BrN3O4. The smallest absolute Gasteiger partial charge is 0.408 e. The van der Waals surface area contributed by atoms with Crippen LogP contribution in [0.4, 0.5) is 4.79 Å². The van der Waals surface area contributed by atoms with E-state index in [2.05, 4.69) is 26.6 Å². The van der Waals surface area contributed by atoms with Crippen LogP contribution < -0.4 is 10.6 Å². The Hall–Kier alpha value is -2.09. The highest BCUT2D eigenvalue weighted by Gasteiger charge is 2.24. The fourth-order valence-corrected chi connectivity index (χ4v) is 3.36. The molecule has 7 nitrogen and oxygen atoms in total. The SMILES string of the molecule is CC(C)(C)OC(=O)NCC(=O)NC1CCN(C(=O)Cc2ccccc2Br)CC1. The Balaban J connectivity index is 1.70. The average molecular weight is 454 g/mol. The number of rotatable bonds is 5. The number of piperidine rings is 1. The molecule has 3 amide bonds. The van der Waals surface area contributed by atoms with Crippen LogP contribution in [0.25, 0.3) is 0 Å². The third-order valence-electron chi connectivity index (χ3n) is 4.30. The van der Waals surface area contributed by atoms with E-state index in [4.69, 9.17) is 4.74 Å². The van der Waals surface area contributed by atoms with E-state index < -0.39 is 11.7 Å². The predicted molar refractivity (Wildman–Crippen MR) is 110 cm³/mol. The Morgan fingerprint density at radius 2 is 1.82 bits per heavy atom. The lowest BCUT2D eigenvalue weighted by molar-refractivity contribution is -0.131. The molecule has 1 heterocycles. The van der Waals surface area contributed by atoms with Crippen molar-refractivity contribution < 1.29 is 19.1 Å². The molecule has 0 atom stereocenters. The zero-order valence-corrected chi connectivity index (χ0v) is 18.2. The summed E-state index contributed by atoms with van der Waals surface area (Å²) in [5.74, 6) is -0.174. The fourth-order valence-electron chi connectivity index (χ4n) is 2.94. The van der Waals surface area contributed by atoms with E-state index >= 15 is 0 Å². The number of alkyl carbamates (subject to hydrolysis) is 1. The second-order valence-corrected chi connectivity index (χ2v) is 8.70. The summed E-state index contributed by atoms with van der Waals surface area (Å²) >= 11 is 3.47. The van der Waals surface area contributed by atoms with Gasteiger partial charge in [0.2, 0.25) is 11.8 Å². The summed E-state index contributed by atoms with van der Waals surface area (Å²) < 4.78 is 6.03. The normalized spacial score (nSPS) is 15.1. The number of hydrogen-bond acceptors (Lipinski definition) is 4. The van der Waals surface area contributed by atoms with E-state index in [0.717, 1.165) is 10.0 Å². The summed E-state index contributed by atoms with van der Waals surface area (Å²) in [7, 11) is 0. The first-order chi connectivity index (χ1) is 13.1. The van der Waals surface area contributed by atoms with Gasteiger partial charge < -0.3 is 20.3 Å². The molecule has 2 rings (SSSR count). The number of ether oxygens (including phenoxy) is 1. The van der Waals surface area contributed by atoms with Crippen molar-refractivity contribution in [2.75, 3.05) is 19.6 Å². The molecule has 0 spiro atoms. The summed E-state index contributed by atoms with van der Waals surface area (Å²) in [6.45, 7) is 6.37. The molecule has 8 heteroatoms. The van der Waals surface area contributed by atoms with E-state index in [0.29, 0.717) is 32.4 Å². The Kier molecular flexibility index (Phi) is 7.86. The van der Waals surface area contributed by atoms with Crippen molar-refractivity contribution in [1.82, 2.24) is 15.5 Å². The van der Waals surface area contributed by atoms with Crippen LogP contribution in [0.3, 0.4) is 0 Å². The Morgan fingerprint density at radius 1 is 1.18 bits per heavy atom. The Morgan fingerprint density at radius 3 is 2.43 bits per heavy atom. The number of halogens is 1. The topological polar surface area (TPSA) is 87.7 Å². The van der Waals surface area contributed by atoms with Crippen molar-refractivity contribution in [2.45, 2.75) is 51.7 Å². The number of likely N-dealkylation sites (tertiary alicyclic amines) is 1. The molecule has 2 N–H and O–H groups in total. The third-order valence-corrected chi connectivity index (χ3v) is 5.08. The highest BCUT2D eigenvalue weighted by atomic mass is 79.9. The lowest BCUT2D eigenvalue weighted by Crippen LogP contribution is -2.49. The van der Waals surface area contributed by atoms with Gasteiger partial charge in [-0.25, -0.2) is 4.79 Å². The van der Waals surface area contributed by atoms with Crippen LogP contribution in [0.15, 0.2) is 28.7 Å². The van der Waals surface area contributed by atoms with Crippen LogP contribution in [0.2, 0.25) is 0 Å². The lowest BCUT2D eigenvalue weighted by Gasteiger charge is -2.32. The molecular weight excluding hydrogens is 426 g/mol. The number of amides is 3. The van der Waals surface area contributed by atoms with Crippen LogP contribution in [-0.2, 0) is 20.7 Å². The predicted octanol–water partition coefficient (Wildman–Crippen LogP) is 2.62. The molecule has 0 aliphatic carbocycles. The quantitative estimate of drug-likeness (QED) is 0.716. The summed E-state index contributed by atoms with van der Waals surface area (Å²) in [6.07, 6.45) is 1.13. The van der Waals surface area contributed by atoms with E-state index in [1.54, 1.807) is 20.8 Å². The molecule has 28 heavy (non-hydrogen) atoms. The maximum atomic E-state index is 12.5. The second kappa shape index (κ2) is 9.91. The van der Waals surface area contributed by atoms with Gasteiger partial charge in [0.05, 0.1) is 6.42 Å². The zero-order chi connectivity index (χ0) is 20.7. The summed E-state index contributed by atoms with van der Waals surface area (Å²) in [5.41, 5.74) is 0.367. The first-order valence-electron chi connectivity index (χ1n) is 9.41. The monoisotopic (exact) mass is 453 g/mol. The van der Waals surface area contributed by atoms with Crippen LogP contribution in [0, 0.1) is 0 Å². The van der Waals surface area contributed by atoms with Crippen molar-refractivity contribution in [1.29, 1.82) is 0 Å². The first kappa shape index (κ1) is 22.2. The standard InChI is InChI=1S/C20H28BrN3O4/c1-20(2,3)28-19(27)22-13-17(25)23-15-8-10-24(11-9-15)18(26)12-14-6-4-5-7-16(14)21/h4-7,15H,8-13H2,1-3H3,(H,22,27)(H,23,25). The van der Waals surface area contributed by atoms with Gasteiger partial charge in [-0.3, -0.25) is 9.59 Å². The minimum atomic E-state index is -0.616. The van der Waals surface area contributed by atoms with Crippen LogP contribution >= 0.6 is 15.9 Å². The molecule has 1 saturated heterocycles. The molecule has 1 aliphatic rings. The van der Waals surface area contributed by atoms with Gasteiger partial charge in [0, 0.05) is 23.6 Å². The summed E-state index contributed by atoms with van der Waals surface area (Å²) in [4.78, 5) is 37.9. The maximum Gasteiger partial charge on any atom is 0.408 e. The van der Waals surface area contributed by atoms with E-state index in [-0.39, 0.29) is 24.4 Å². The van der Waals surface area contributed by atoms with Gasteiger partial charge >= 0.3 is 6.09 Å². The van der Waals surface area contributed by atoms with Crippen LogP contribution in [0.1, 0.15) is 39.2 Å². The highest BCUT2D eigenvalue weighted by Crippen LogP contribution is 2.18. The highest BCUT2D eigenvalue weighted by molar-refractivity contribution is 9.10. The number of nitrogens with one attached hydrogen (secondary N) is 2. The minimum absolute atomic E-state index is 0.000415. The van der Waals surface area contributed by atoms with E-state index in [1.807, 2.05) is 29.2 Å². The average Bonchev–Trinajstić information content (AvgIpc) is 2.61. The fraction of sp³-hybridized carbons (Fsp3) is 0.550. The lowest BCUT2D eigenvalue weighted by atomic mass is 10.0. The van der Waals surface area contributed by atoms with Gasteiger partial charge in [-0.15, -0.1) is 0 Å². The number of carbonyl (C=O) groups excluding carboxylic acids is 3. The van der Waals surface area contributed by atoms with Crippen LogP contribution in [-0.4, -0.2) is 54.1 Å². The zero-order valence-electron chi connectivity index (χ0n) is 16.6. The van der Waals surface area contributed by atoms with Crippen molar-refractivity contribution in [3.05, 3.63) is 34.3 Å². The van der Waals surface area contributed by atoms with E-state index in [1.165, 1.54) is 0 Å². The Bertz CT molecular complexity index is 710. The molecule has 1 aliphatic heterocycles. The molecule has 154 valence electrons.